The predicted octanol–water partition coefficient (Wildman–Crippen LogP) is 1.95. The molecule has 1 N–H and O–H groups in total. The molecule has 1 aliphatic carbocycles. The van der Waals surface area contributed by atoms with Crippen molar-refractivity contribution in [3.63, 3.8) is 0 Å². The Morgan fingerprint density at radius 3 is 2.94 bits per heavy atom. The van der Waals surface area contributed by atoms with Crippen molar-refractivity contribution >= 4 is 5.91 Å². The maximum absolute atomic E-state index is 12.5. The Balaban J connectivity index is 2.22. The number of aliphatic hydroxyl groups excluding tert-OH is 1. The summed E-state index contributed by atoms with van der Waals surface area (Å²) in [6, 6.07) is 8.09. The van der Waals surface area contributed by atoms with Gasteiger partial charge in [-0.2, -0.15) is 0 Å². The molecule has 1 aromatic carbocycles. The Kier molecular flexibility index (Phi) is 4.02. The number of aliphatic hydroxyl groups is 1. The Morgan fingerprint density at radius 2 is 2.22 bits per heavy atom. The summed E-state index contributed by atoms with van der Waals surface area (Å²) in [5, 5.41) is 9.15. The molecular formula is C15H21NO2. The average Bonchev–Trinajstić information content (AvgIpc) is 2.44. The van der Waals surface area contributed by atoms with Crippen LogP contribution in [0.5, 0.6) is 0 Å². The topological polar surface area (TPSA) is 40.5 Å². The SMILES string of the molecule is CC(CO)N(C)C(=O)C1CCCc2ccccc21. The molecule has 2 atom stereocenters. The number of rotatable bonds is 3. The number of aryl methyl sites for hydroxylation is 1. The molecule has 0 fully saturated rings. The van der Waals surface area contributed by atoms with Crippen molar-refractivity contribution in [3.05, 3.63) is 35.4 Å². The summed E-state index contributed by atoms with van der Waals surface area (Å²) in [6.07, 6.45) is 3.05. The van der Waals surface area contributed by atoms with Gasteiger partial charge in [-0.3, -0.25) is 4.79 Å². The first-order chi connectivity index (χ1) is 8.65. The first-order valence-corrected chi connectivity index (χ1v) is 6.60. The summed E-state index contributed by atoms with van der Waals surface area (Å²) in [6.45, 7) is 1.88. The van der Waals surface area contributed by atoms with E-state index in [2.05, 4.69) is 12.1 Å². The van der Waals surface area contributed by atoms with E-state index in [0.717, 1.165) is 19.3 Å². The number of hydrogen-bond donors (Lipinski definition) is 1. The third-order valence-corrected chi connectivity index (χ3v) is 3.94. The third-order valence-electron chi connectivity index (χ3n) is 3.94. The average molecular weight is 247 g/mol. The minimum absolute atomic E-state index is 0.0105. The molecule has 0 saturated carbocycles. The minimum atomic E-state index is -0.119. The van der Waals surface area contributed by atoms with E-state index in [1.54, 1.807) is 11.9 Å². The van der Waals surface area contributed by atoms with Crippen LogP contribution < -0.4 is 0 Å². The lowest BCUT2D eigenvalue weighted by Crippen LogP contribution is -2.41. The minimum Gasteiger partial charge on any atom is -0.394 e. The van der Waals surface area contributed by atoms with Crippen LogP contribution in [-0.2, 0) is 11.2 Å². The van der Waals surface area contributed by atoms with Gasteiger partial charge in [0.25, 0.3) is 0 Å². The molecule has 1 aromatic rings. The van der Waals surface area contributed by atoms with E-state index in [1.165, 1.54) is 11.1 Å². The number of carbonyl (C=O) groups excluding carboxylic acids is 1. The first kappa shape index (κ1) is 13.1. The van der Waals surface area contributed by atoms with Gasteiger partial charge < -0.3 is 10.0 Å². The van der Waals surface area contributed by atoms with Crippen LogP contribution >= 0.6 is 0 Å². The van der Waals surface area contributed by atoms with Gasteiger partial charge in [0, 0.05) is 7.05 Å². The lowest BCUT2D eigenvalue weighted by Gasteiger charge is -2.31. The number of carbonyl (C=O) groups is 1. The number of amides is 1. The van der Waals surface area contributed by atoms with Gasteiger partial charge in [-0.1, -0.05) is 24.3 Å². The molecule has 0 saturated heterocycles. The van der Waals surface area contributed by atoms with Crippen molar-refractivity contribution in [2.75, 3.05) is 13.7 Å². The zero-order valence-electron chi connectivity index (χ0n) is 11.1. The van der Waals surface area contributed by atoms with E-state index >= 15 is 0 Å². The monoisotopic (exact) mass is 247 g/mol. The Morgan fingerprint density at radius 1 is 1.50 bits per heavy atom. The molecule has 3 nitrogen and oxygen atoms in total. The van der Waals surface area contributed by atoms with E-state index in [9.17, 15) is 4.79 Å². The van der Waals surface area contributed by atoms with Crippen LogP contribution in [0.15, 0.2) is 24.3 Å². The molecule has 2 rings (SSSR count). The summed E-state index contributed by atoms with van der Waals surface area (Å²) in [7, 11) is 1.78. The maximum Gasteiger partial charge on any atom is 0.230 e. The van der Waals surface area contributed by atoms with Gasteiger partial charge >= 0.3 is 0 Å². The summed E-state index contributed by atoms with van der Waals surface area (Å²) in [5.74, 6) is 0.0950. The molecule has 0 radical (unpaired) electrons. The lowest BCUT2D eigenvalue weighted by molar-refractivity contribution is -0.134. The molecule has 18 heavy (non-hydrogen) atoms. The van der Waals surface area contributed by atoms with Crippen LogP contribution in [0.2, 0.25) is 0 Å². The third kappa shape index (κ3) is 2.41. The van der Waals surface area contributed by atoms with E-state index in [0.29, 0.717) is 0 Å². The summed E-state index contributed by atoms with van der Waals surface area (Å²) in [4.78, 5) is 14.1. The van der Waals surface area contributed by atoms with Crippen molar-refractivity contribution in [2.45, 2.75) is 38.1 Å². The molecule has 3 heteroatoms. The van der Waals surface area contributed by atoms with Crippen molar-refractivity contribution in [1.82, 2.24) is 4.90 Å². The fourth-order valence-corrected chi connectivity index (χ4v) is 2.60. The first-order valence-electron chi connectivity index (χ1n) is 6.60. The molecule has 0 spiro atoms. The highest BCUT2D eigenvalue weighted by Crippen LogP contribution is 2.32. The summed E-state index contributed by atoms with van der Waals surface area (Å²) in [5.41, 5.74) is 2.47. The van der Waals surface area contributed by atoms with Gasteiger partial charge in [0.05, 0.1) is 18.6 Å². The molecular weight excluding hydrogens is 226 g/mol. The highest BCUT2D eigenvalue weighted by Gasteiger charge is 2.29. The molecule has 0 bridgehead atoms. The van der Waals surface area contributed by atoms with Crippen molar-refractivity contribution < 1.29 is 9.90 Å². The van der Waals surface area contributed by atoms with Gasteiger partial charge in [-0.15, -0.1) is 0 Å². The van der Waals surface area contributed by atoms with Crippen LogP contribution in [0.3, 0.4) is 0 Å². The van der Waals surface area contributed by atoms with Crippen molar-refractivity contribution in [3.8, 4) is 0 Å². The molecule has 0 heterocycles. The zero-order chi connectivity index (χ0) is 13.1. The van der Waals surface area contributed by atoms with Crippen molar-refractivity contribution in [2.24, 2.45) is 0 Å². The zero-order valence-corrected chi connectivity index (χ0v) is 11.1. The standard InChI is InChI=1S/C15H21NO2/c1-11(10-17)16(2)15(18)14-9-5-7-12-6-3-4-8-13(12)14/h3-4,6,8,11,14,17H,5,7,9-10H2,1-2H3. The molecule has 1 amide bonds. The van der Waals surface area contributed by atoms with Gasteiger partial charge in [0.2, 0.25) is 5.91 Å². The number of hydrogen-bond acceptors (Lipinski definition) is 2. The lowest BCUT2D eigenvalue weighted by atomic mass is 9.82. The highest BCUT2D eigenvalue weighted by atomic mass is 16.3. The number of likely N-dealkylation sites (N-methyl/N-ethyl adjacent to an activating group) is 1. The van der Waals surface area contributed by atoms with Gasteiger partial charge in [-0.05, 0) is 37.3 Å². The predicted molar refractivity (Wildman–Crippen MR) is 71.4 cm³/mol. The Hall–Kier alpha value is -1.35. The molecule has 1 aliphatic rings. The molecule has 2 unspecified atom stereocenters. The second kappa shape index (κ2) is 5.53. The quantitative estimate of drug-likeness (QED) is 0.887. The van der Waals surface area contributed by atoms with E-state index in [-0.39, 0.29) is 24.5 Å². The number of fused-ring (bicyclic) bond motifs is 1. The van der Waals surface area contributed by atoms with Crippen LogP contribution in [0.4, 0.5) is 0 Å². The smallest absolute Gasteiger partial charge is 0.230 e. The molecule has 0 aromatic heterocycles. The van der Waals surface area contributed by atoms with E-state index in [1.807, 2.05) is 19.1 Å². The Labute approximate surface area is 108 Å². The highest BCUT2D eigenvalue weighted by molar-refractivity contribution is 5.84. The Bertz CT molecular complexity index is 430. The number of nitrogens with zero attached hydrogens (tertiary/aromatic N) is 1. The van der Waals surface area contributed by atoms with Crippen LogP contribution in [0, 0.1) is 0 Å². The summed E-state index contributed by atoms with van der Waals surface area (Å²) >= 11 is 0. The largest absolute Gasteiger partial charge is 0.394 e. The number of benzene rings is 1. The van der Waals surface area contributed by atoms with Crippen LogP contribution in [0.25, 0.3) is 0 Å². The van der Waals surface area contributed by atoms with Gasteiger partial charge in [0.15, 0.2) is 0 Å². The molecule has 0 aliphatic heterocycles. The van der Waals surface area contributed by atoms with Crippen molar-refractivity contribution in [1.29, 1.82) is 0 Å². The van der Waals surface area contributed by atoms with E-state index < -0.39 is 0 Å². The van der Waals surface area contributed by atoms with Gasteiger partial charge in [-0.25, -0.2) is 0 Å². The second-order valence-corrected chi connectivity index (χ2v) is 5.12. The summed E-state index contributed by atoms with van der Waals surface area (Å²) < 4.78 is 0. The normalized spacial score (nSPS) is 20.1. The van der Waals surface area contributed by atoms with Crippen LogP contribution in [-0.4, -0.2) is 35.6 Å². The molecule has 98 valence electrons. The fourth-order valence-electron chi connectivity index (χ4n) is 2.60. The fraction of sp³-hybridized carbons (Fsp3) is 0.533. The van der Waals surface area contributed by atoms with E-state index in [4.69, 9.17) is 5.11 Å². The second-order valence-electron chi connectivity index (χ2n) is 5.12. The van der Waals surface area contributed by atoms with Gasteiger partial charge in [0.1, 0.15) is 0 Å². The van der Waals surface area contributed by atoms with Crippen LogP contribution in [0.1, 0.15) is 36.8 Å². The maximum atomic E-state index is 12.5.